The summed E-state index contributed by atoms with van der Waals surface area (Å²) in [7, 11) is 0. The molecule has 1 aliphatic rings. The number of nitrogens with zero attached hydrogens (tertiary/aromatic N) is 1. The standard InChI is InChI=1S/C12H12BrNO5/c13-6-1-2-10(16)8(3-6)11(17)14-5-7(15)4-9(14)12(18)19/h1-3,7,9,15-16H,4-5H2,(H,18,19). The number of likely N-dealkylation sites (tertiary alicyclic amines) is 1. The van der Waals surface area contributed by atoms with Crippen LogP contribution in [0.25, 0.3) is 0 Å². The molecule has 1 amide bonds. The molecule has 0 aliphatic carbocycles. The normalized spacial score (nSPS) is 22.5. The molecule has 2 atom stereocenters. The van der Waals surface area contributed by atoms with Crippen LogP contribution in [0.15, 0.2) is 22.7 Å². The highest BCUT2D eigenvalue weighted by Gasteiger charge is 2.39. The number of phenols is 1. The Morgan fingerprint density at radius 3 is 2.68 bits per heavy atom. The van der Waals surface area contributed by atoms with E-state index in [1.807, 2.05) is 0 Å². The third-order valence-electron chi connectivity index (χ3n) is 3.01. The third kappa shape index (κ3) is 2.71. The van der Waals surface area contributed by atoms with Gasteiger partial charge < -0.3 is 20.2 Å². The summed E-state index contributed by atoms with van der Waals surface area (Å²) >= 11 is 3.18. The number of carboxylic acids is 1. The molecule has 19 heavy (non-hydrogen) atoms. The van der Waals surface area contributed by atoms with Crippen LogP contribution in [0.5, 0.6) is 5.75 Å². The number of amides is 1. The molecule has 1 aromatic rings. The molecule has 6 nitrogen and oxygen atoms in total. The first-order chi connectivity index (χ1) is 8.90. The van der Waals surface area contributed by atoms with E-state index in [0.717, 1.165) is 4.90 Å². The number of benzene rings is 1. The second kappa shape index (κ2) is 5.18. The van der Waals surface area contributed by atoms with Crippen LogP contribution < -0.4 is 0 Å². The Labute approximate surface area is 117 Å². The van der Waals surface area contributed by atoms with Crippen molar-refractivity contribution in [1.29, 1.82) is 0 Å². The van der Waals surface area contributed by atoms with E-state index in [1.54, 1.807) is 6.07 Å². The van der Waals surface area contributed by atoms with Gasteiger partial charge in [-0.3, -0.25) is 4.79 Å². The van der Waals surface area contributed by atoms with Gasteiger partial charge >= 0.3 is 5.97 Å². The van der Waals surface area contributed by atoms with Gasteiger partial charge in [-0.2, -0.15) is 0 Å². The van der Waals surface area contributed by atoms with Gasteiger partial charge in [0.25, 0.3) is 5.91 Å². The average molecular weight is 330 g/mol. The second-order valence-electron chi connectivity index (χ2n) is 4.36. The molecule has 0 radical (unpaired) electrons. The van der Waals surface area contributed by atoms with Crippen molar-refractivity contribution >= 4 is 27.8 Å². The molecule has 0 bridgehead atoms. The van der Waals surface area contributed by atoms with Crippen molar-refractivity contribution in [3.8, 4) is 5.75 Å². The molecule has 0 spiro atoms. The molecular formula is C12H12BrNO5. The predicted octanol–water partition coefficient (Wildman–Crippen LogP) is 0.815. The van der Waals surface area contributed by atoms with Gasteiger partial charge in [0.2, 0.25) is 0 Å². The van der Waals surface area contributed by atoms with Gasteiger partial charge in [0.05, 0.1) is 11.7 Å². The summed E-state index contributed by atoms with van der Waals surface area (Å²) in [6.07, 6.45) is -0.866. The molecule has 1 heterocycles. The number of β-amino-alcohol motifs (C(OH)–C–C–N with tert-alkyl or cyclic N) is 1. The quantitative estimate of drug-likeness (QED) is 0.746. The maximum absolute atomic E-state index is 12.3. The lowest BCUT2D eigenvalue weighted by atomic mass is 10.1. The number of carboxylic acid groups (broad SMARTS) is 1. The number of aliphatic hydroxyl groups is 1. The minimum Gasteiger partial charge on any atom is -0.507 e. The fraction of sp³-hybridized carbons (Fsp3) is 0.333. The van der Waals surface area contributed by atoms with Crippen LogP contribution in [-0.2, 0) is 4.79 Å². The molecule has 3 N–H and O–H groups in total. The highest BCUT2D eigenvalue weighted by Crippen LogP contribution is 2.27. The summed E-state index contributed by atoms with van der Waals surface area (Å²) < 4.78 is 0.597. The first-order valence-corrected chi connectivity index (χ1v) is 6.40. The first-order valence-electron chi connectivity index (χ1n) is 5.60. The average Bonchev–Trinajstić information content (AvgIpc) is 2.74. The summed E-state index contributed by atoms with van der Waals surface area (Å²) in [6, 6.07) is 3.27. The Kier molecular flexibility index (Phi) is 3.77. The number of hydrogen-bond acceptors (Lipinski definition) is 4. The van der Waals surface area contributed by atoms with Crippen LogP contribution in [0.4, 0.5) is 0 Å². The van der Waals surface area contributed by atoms with Crippen LogP contribution in [0.1, 0.15) is 16.8 Å². The lowest BCUT2D eigenvalue weighted by Crippen LogP contribution is -2.40. The zero-order chi connectivity index (χ0) is 14.2. The molecule has 102 valence electrons. The number of aliphatic carboxylic acids is 1. The summed E-state index contributed by atoms with van der Waals surface area (Å²) in [5.74, 6) is -2.00. The van der Waals surface area contributed by atoms with Gasteiger partial charge in [0.15, 0.2) is 0 Å². The Hall–Kier alpha value is -1.60. The highest BCUT2D eigenvalue weighted by molar-refractivity contribution is 9.10. The molecule has 1 fully saturated rings. The van der Waals surface area contributed by atoms with Gasteiger partial charge in [0.1, 0.15) is 11.8 Å². The minimum absolute atomic E-state index is 0.00413. The number of halogens is 1. The predicted molar refractivity (Wildman–Crippen MR) is 68.9 cm³/mol. The maximum Gasteiger partial charge on any atom is 0.326 e. The van der Waals surface area contributed by atoms with Gasteiger partial charge in [-0.1, -0.05) is 15.9 Å². The van der Waals surface area contributed by atoms with Crippen molar-refractivity contribution in [2.45, 2.75) is 18.6 Å². The van der Waals surface area contributed by atoms with E-state index in [1.165, 1.54) is 12.1 Å². The van der Waals surface area contributed by atoms with E-state index >= 15 is 0 Å². The van der Waals surface area contributed by atoms with Crippen molar-refractivity contribution in [3.63, 3.8) is 0 Å². The topological polar surface area (TPSA) is 98.1 Å². The molecule has 2 unspecified atom stereocenters. The molecule has 1 aliphatic heterocycles. The van der Waals surface area contributed by atoms with E-state index in [9.17, 15) is 19.8 Å². The number of rotatable bonds is 2. The Balaban J connectivity index is 2.33. The van der Waals surface area contributed by atoms with Crippen LogP contribution in [0.3, 0.4) is 0 Å². The summed E-state index contributed by atoms with van der Waals surface area (Å²) in [5.41, 5.74) is 0.00900. The van der Waals surface area contributed by atoms with E-state index in [-0.39, 0.29) is 24.3 Å². The number of phenolic OH excluding ortho intramolecular Hbond substituents is 1. The van der Waals surface area contributed by atoms with Gasteiger partial charge in [-0.15, -0.1) is 0 Å². The lowest BCUT2D eigenvalue weighted by Gasteiger charge is -2.21. The third-order valence-corrected chi connectivity index (χ3v) is 3.51. The molecule has 0 aromatic heterocycles. The van der Waals surface area contributed by atoms with Crippen molar-refractivity contribution in [2.75, 3.05) is 6.54 Å². The number of carbonyl (C=O) groups is 2. The van der Waals surface area contributed by atoms with Crippen LogP contribution in [-0.4, -0.2) is 50.8 Å². The molecular weight excluding hydrogens is 318 g/mol. The van der Waals surface area contributed by atoms with E-state index in [0.29, 0.717) is 4.47 Å². The van der Waals surface area contributed by atoms with Crippen molar-refractivity contribution in [3.05, 3.63) is 28.2 Å². The van der Waals surface area contributed by atoms with Gasteiger partial charge in [0, 0.05) is 17.4 Å². The fourth-order valence-electron chi connectivity index (χ4n) is 2.11. The minimum atomic E-state index is -1.17. The molecule has 0 saturated carbocycles. The second-order valence-corrected chi connectivity index (χ2v) is 5.28. The van der Waals surface area contributed by atoms with Crippen LogP contribution >= 0.6 is 15.9 Å². The summed E-state index contributed by atoms with van der Waals surface area (Å²) in [6.45, 7) is -0.0538. The van der Waals surface area contributed by atoms with E-state index in [4.69, 9.17) is 5.11 Å². The summed E-state index contributed by atoms with van der Waals surface area (Å²) in [5, 5.41) is 28.2. The number of hydrogen-bond donors (Lipinski definition) is 3. The monoisotopic (exact) mass is 329 g/mol. The molecule has 1 aromatic carbocycles. The summed E-state index contributed by atoms with van der Waals surface area (Å²) in [4.78, 5) is 24.4. The zero-order valence-electron chi connectivity index (χ0n) is 9.78. The largest absolute Gasteiger partial charge is 0.507 e. The SMILES string of the molecule is O=C(O)C1CC(O)CN1C(=O)c1cc(Br)ccc1O. The molecule has 7 heteroatoms. The fourth-order valence-corrected chi connectivity index (χ4v) is 2.47. The van der Waals surface area contributed by atoms with Gasteiger partial charge in [-0.25, -0.2) is 4.79 Å². The lowest BCUT2D eigenvalue weighted by molar-refractivity contribution is -0.141. The van der Waals surface area contributed by atoms with Crippen molar-refractivity contribution in [2.24, 2.45) is 0 Å². The first kappa shape index (κ1) is 13.8. The van der Waals surface area contributed by atoms with Crippen LogP contribution in [0, 0.1) is 0 Å². The number of aromatic hydroxyl groups is 1. The van der Waals surface area contributed by atoms with Crippen molar-refractivity contribution in [1.82, 2.24) is 4.90 Å². The molecule has 2 rings (SSSR count). The van der Waals surface area contributed by atoms with E-state index in [2.05, 4.69) is 15.9 Å². The highest BCUT2D eigenvalue weighted by atomic mass is 79.9. The maximum atomic E-state index is 12.3. The Morgan fingerprint density at radius 1 is 1.37 bits per heavy atom. The van der Waals surface area contributed by atoms with Gasteiger partial charge in [-0.05, 0) is 18.2 Å². The van der Waals surface area contributed by atoms with Crippen molar-refractivity contribution < 1.29 is 24.9 Å². The molecule has 1 saturated heterocycles. The van der Waals surface area contributed by atoms with Crippen LogP contribution in [0.2, 0.25) is 0 Å². The number of carbonyl (C=O) groups excluding carboxylic acids is 1. The zero-order valence-corrected chi connectivity index (χ0v) is 11.4. The Bertz CT molecular complexity index is 533. The van der Waals surface area contributed by atoms with E-state index < -0.39 is 24.0 Å². The smallest absolute Gasteiger partial charge is 0.326 e. The Morgan fingerprint density at radius 2 is 2.05 bits per heavy atom. The number of aliphatic hydroxyl groups excluding tert-OH is 1.